The fraction of sp³-hybridized carbons (Fsp3) is 0.625. The van der Waals surface area contributed by atoms with Crippen molar-refractivity contribution in [2.75, 3.05) is 13.7 Å². The zero-order valence-corrected chi connectivity index (χ0v) is 8.01. The number of nitriles is 1. The molecule has 6 nitrogen and oxygen atoms in total. The molecule has 2 N–H and O–H groups in total. The number of nitrogens with one attached hydrogen (secondary N) is 1. The SMILES string of the molecule is CNC(C#N)c1cn(CCCO)nn1. The molecule has 1 aromatic rings. The monoisotopic (exact) mass is 195 g/mol. The molecular weight excluding hydrogens is 182 g/mol. The topological polar surface area (TPSA) is 86.8 Å². The molecule has 0 aliphatic rings. The zero-order valence-electron chi connectivity index (χ0n) is 8.01. The molecule has 14 heavy (non-hydrogen) atoms. The Kier molecular flexibility index (Phi) is 4.04. The van der Waals surface area contributed by atoms with E-state index >= 15 is 0 Å². The van der Waals surface area contributed by atoms with Crippen LogP contribution in [-0.2, 0) is 6.54 Å². The van der Waals surface area contributed by atoms with Crippen molar-refractivity contribution < 1.29 is 5.11 Å². The number of nitrogens with zero attached hydrogens (tertiary/aromatic N) is 4. The molecule has 0 aliphatic heterocycles. The maximum Gasteiger partial charge on any atom is 0.141 e. The van der Waals surface area contributed by atoms with Gasteiger partial charge in [-0.25, -0.2) is 0 Å². The van der Waals surface area contributed by atoms with Crippen LogP contribution in [0.1, 0.15) is 18.2 Å². The van der Waals surface area contributed by atoms with E-state index in [4.69, 9.17) is 10.4 Å². The molecule has 0 aliphatic carbocycles. The van der Waals surface area contributed by atoms with Crippen LogP contribution >= 0.6 is 0 Å². The van der Waals surface area contributed by atoms with E-state index in [1.165, 1.54) is 0 Å². The van der Waals surface area contributed by atoms with Crippen LogP contribution in [0, 0.1) is 11.3 Å². The molecule has 0 saturated heterocycles. The zero-order chi connectivity index (χ0) is 10.4. The lowest BCUT2D eigenvalue weighted by atomic mass is 10.2. The maximum absolute atomic E-state index is 8.74. The molecule has 1 heterocycles. The number of hydrogen-bond acceptors (Lipinski definition) is 5. The van der Waals surface area contributed by atoms with Crippen molar-refractivity contribution in [2.45, 2.75) is 19.0 Å². The quantitative estimate of drug-likeness (QED) is 0.658. The van der Waals surface area contributed by atoms with Crippen molar-refractivity contribution in [1.29, 1.82) is 5.26 Å². The highest BCUT2D eigenvalue weighted by atomic mass is 16.3. The number of aliphatic hydroxyl groups excluding tert-OH is 1. The molecule has 0 fully saturated rings. The Morgan fingerprint density at radius 1 is 1.79 bits per heavy atom. The molecular formula is C8H13N5O. The molecule has 1 atom stereocenters. The minimum Gasteiger partial charge on any atom is -0.396 e. The van der Waals surface area contributed by atoms with Crippen molar-refractivity contribution in [2.24, 2.45) is 0 Å². The summed E-state index contributed by atoms with van der Waals surface area (Å²) in [5.74, 6) is 0. The Hall–Kier alpha value is -1.45. The average Bonchev–Trinajstić information content (AvgIpc) is 2.65. The smallest absolute Gasteiger partial charge is 0.141 e. The number of aromatic nitrogens is 3. The lowest BCUT2D eigenvalue weighted by molar-refractivity contribution is 0.276. The normalized spacial score (nSPS) is 12.4. The summed E-state index contributed by atoms with van der Waals surface area (Å²) in [6.45, 7) is 0.744. The third-order valence-corrected chi connectivity index (χ3v) is 1.82. The molecule has 0 spiro atoms. The van der Waals surface area contributed by atoms with Gasteiger partial charge in [-0.2, -0.15) is 5.26 Å². The van der Waals surface area contributed by atoms with Crippen LogP contribution in [0.4, 0.5) is 0 Å². The molecule has 1 rings (SSSR count). The molecule has 0 saturated carbocycles. The highest BCUT2D eigenvalue weighted by molar-refractivity contribution is 5.10. The summed E-state index contributed by atoms with van der Waals surface area (Å²) >= 11 is 0. The second kappa shape index (κ2) is 5.32. The van der Waals surface area contributed by atoms with Gasteiger partial charge in [-0.15, -0.1) is 5.10 Å². The van der Waals surface area contributed by atoms with Gasteiger partial charge < -0.3 is 5.11 Å². The summed E-state index contributed by atoms with van der Waals surface area (Å²) in [4.78, 5) is 0. The largest absolute Gasteiger partial charge is 0.396 e. The fourth-order valence-corrected chi connectivity index (χ4v) is 1.07. The van der Waals surface area contributed by atoms with Crippen molar-refractivity contribution in [1.82, 2.24) is 20.3 Å². The molecule has 6 heteroatoms. The first kappa shape index (κ1) is 10.6. The van der Waals surface area contributed by atoms with Gasteiger partial charge in [-0.1, -0.05) is 5.21 Å². The van der Waals surface area contributed by atoms with Gasteiger partial charge in [0, 0.05) is 13.2 Å². The predicted octanol–water partition coefficient (Wildman–Crippen LogP) is -0.555. The summed E-state index contributed by atoms with van der Waals surface area (Å²) in [5.41, 5.74) is 0.605. The van der Waals surface area contributed by atoms with Crippen LogP contribution in [0.3, 0.4) is 0 Å². The van der Waals surface area contributed by atoms with Crippen molar-refractivity contribution in [3.8, 4) is 6.07 Å². The number of aryl methyl sites for hydroxylation is 1. The summed E-state index contributed by atoms with van der Waals surface area (Å²) in [6.07, 6.45) is 2.35. The van der Waals surface area contributed by atoms with E-state index in [0.29, 0.717) is 18.7 Å². The van der Waals surface area contributed by atoms with Gasteiger partial charge in [0.15, 0.2) is 0 Å². The minimum absolute atomic E-state index is 0.128. The van der Waals surface area contributed by atoms with E-state index in [-0.39, 0.29) is 6.61 Å². The van der Waals surface area contributed by atoms with Crippen LogP contribution in [0.2, 0.25) is 0 Å². The van der Waals surface area contributed by atoms with Crippen molar-refractivity contribution in [3.63, 3.8) is 0 Å². The molecule has 76 valence electrons. The van der Waals surface area contributed by atoms with E-state index in [2.05, 4.69) is 21.7 Å². The first-order valence-electron chi connectivity index (χ1n) is 4.39. The van der Waals surface area contributed by atoms with Gasteiger partial charge in [-0.3, -0.25) is 10.00 Å². The lowest BCUT2D eigenvalue weighted by Gasteiger charge is -2.00. The molecule has 0 radical (unpaired) electrons. The first-order chi connectivity index (χ1) is 6.81. The summed E-state index contributed by atoms with van der Waals surface area (Å²) in [6, 6.07) is 1.64. The first-order valence-corrected chi connectivity index (χ1v) is 4.39. The van der Waals surface area contributed by atoms with Crippen molar-refractivity contribution >= 4 is 0 Å². The highest BCUT2D eigenvalue weighted by Crippen LogP contribution is 2.06. The van der Waals surface area contributed by atoms with Crippen molar-refractivity contribution in [3.05, 3.63) is 11.9 Å². The fourth-order valence-electron chi connectivity index (χ4n) is 1.07. The van der Waals surface area contributed by atoms with Crippen LogP contribution in [-0.4, -0.2) is 33.8 Å². The lowest BCUT2D eigenvalue weighted by Crippen LogP contribution is -2.14. The highest BCUT2D eigenvalue weighted by Gasteiger charge is 2.11. The summed E-state index contributed by atoms with van der Waals surface area (Å²) in [7, 11) is 1.70. The Labute approximate surface area is 82.2 Å². The second-order valence-corrected chi connectivity index (χ2v) is 2.83. The van der Waals surface area contributed by atoms with E-state index in [9.17, 15) is 0 Å². The number of hydrogen-bond donors (Lipinski definition) is 2. The molecule has 0 bridgehead atoms. The molecule has 1 unspecified atom stereocenters. The second-order valence-electron chi connectivity index (χ2n) is 2.83. The Morgan fingerprint density at radius 3 is 3.14 bits per heavy atom. The van der Waals surface area contributed by atoms with Gasteiger partial charge >= 0.3 is 0 Å². The molecule has 1 aromatic heterocycles. The van der Waals surface area contributed by atoms with Gasteiger partial charge in [0.2, 0.25) is 0 Å². The average molecular weight is 195 g/mol. The van der Waals surface area contributed by atoms with Gasteiger partial charge in [-0.05, 0) is 13.5 Å². The minimum atomic E-state index is -0.419. The van der Waals surface area contributed by atoms with Gasteiger partial charge in [0.25, 0.3) is 0 Å². The van der Waals surface area contributed by atoms with E-state index in [0.717, 1.165) is 0 Å². The predicted molar refractivity (Wildman–Crippen MR) is 49.1 cm³/mol. The van der Waals surface area contributed by atoms with Gasteiger partial charge in [0.1, 0.15) is 11.7 Å². The summed E-state index contributed by atoms with van der Waals surface area (Å²) in [5, 5.41) is 27.8. The maximum atomic E-state index is 8.74. The van der Waals surface area contributed by atoms with Crippen LogP contribution < -0.4 is 5.32 Å². The third kappa shape index (κ3) is 2.52. The van der Waals surface area contributed by atoms with E-state index in [1.807, 2.05) is 0 Å². The standard InChI is InChI=1S/C8H13N5O/c1-10-7(5-9)8-6-13(12-11-8)3-2-4-14/h6-7,10,14H,2-4H2,1H3. The summed E-state index contributed by atoms with van der Waals surface area (Å²) < 4.78 is 1.62. The molecule has 0 amide bonds. The van der Waals surface area contributed by atoms with E-state index in [1.54, 1.807) is 17.9 Å². The Balaban J connectivity index is 2.63. The van der Waals surface area contributed by atoms with Crippen LogP contribution in [0.5, 0.6) is 0 Å². The van der Waals surface area contributed by atoms with Gasteiger partial charge in [0.05, 0.1) is 12.3 Å². The van der Waals surface area contributed by atoms with Crippen LogP contribution in [0.25, 0.3) is 0 Å². The number of aliphatic hydroxyl groups is 1. The molecule has 0 aromatic carbocycles. The van der Waals surface area contributed by atoms with Crippen LogP contribution in [0.15, 0.2) is 6.20 Å². The van der Waals surface area contributed by atoms with E-state index < -0.39 is 6.04 Å². The number of rotatable bonds is 5. The Bertz CT molecular complexity index is 316. The third-order valence-electron chi connectivity index (χ3n) is 1.82. The Morgan fingerprint density at radius 2 is 2.57 bits per heavy atom.